The molecule has 16 nitrogen and oxygen atoms in total. The lowest BCUT2D eigenvalue weighted by atomic mass is 9.93. The normalized spacial score (nSPS) is 14.8. The first-order valence-corrected chi connectivity index (χ1v) is 19.6. The number of amides is 6. The Bertz CT molecular complexity index is 1640. The number of aromatic nitrogens is 1. The maximum atomic E-state index is 13.8. The second-order valence-corrected chi connectivity index (χ2v) is 15.9. The molecule has 6 atom stereocenters. The Kier molecular flexibility index (Phi) is 19.7. The molecule has 1 aromatic heterocycles. The molecule has 0 spiro atoms. The zero-order chi connectivity index (χ0) is 42.1. The molecule has 1 aromatic carbocycles. The van der Waals surface area contributed by atoms with Gasteiger partial charge in [-0.1, -0.05) is 66.7 Å². The molecule has 0 aliphatic rings. The van der Waals surface area contributed by atoms with Gasteiger partial charge in [0.15, 0.2) is 5.78 Å². The summed E-state index contributed by atoms with van der Waals surface area (Å²) in [6.07, 6.45) is 2.97. The quantitative estimate of drug-likeness (QED) is 0.0657. The van der Waals surface area contributed by atoms with Gasteiger partial charge in [0.2, 0.25) is 35.4 Å². The molecule has 6 amide bonds. The molecular weight excluding hydrogens is 718 g/mol. The average Bonchev–Trinajstić information content (AvgIpc) is 3.52. The van der Waals surface area contributed by atoms with Crippen LogP contribution in [-0.4, -0.2) is 96.6 Å². The summed E-state index contributed by atoms with van der Waals surface area (Å²) in [6, 6.07) is 3.90. The van der Waals surface area contributed by atoms with Crippen LogP contribution in [0.15, 0.2) is 30.5 Å². The van der Waals surface area contributed by atoms with Crippen molar-refractivity contribution in [3.8, 4) is 0 Å². The Hall–Kier alpha value is -4.83. The van der Waals surface area contributed by atoms with Crippen LogP contribution in [0.2, 0.25) is 0 Å². The second-order valence-electron chi connectivity index (χ2n) is 15.9. The number of likely N-dealkylation sites (N-methyl/N-ethyl adjacent to an activating group) is 1. The van der Waals surface area contributed by atoms with E-state index in [0.717, 1.165) is 16.5 Å². The van der Waals surface area contributed by atoms with Gasteiger partial charge in [0.25, 0.3) is 0 Å². The standard InChI is InChI=1S/C40H65N9O7/c1-22(2)15-27(20-45-32(37(42)53)16-23(3)4)47-35(52)21-46-40(56)36(24(5)6)49-38(54)25(7)17-33(50)31(48-39(55)30(43-8)13-14-34(41)51)18-26-19-44-29-12-10-9-11-28(26)29/h9-12,19,22-25,27,30-32,36,43-45H,13-18,20-21H2,1-8H3,(H2,41,51)(H2,42,53)(H,46,56)(H,47,52)(H,48,55)(H,49,54). The molecule has 6 unspecified atom stereocenters. The minimum atomic E-state index is -1.00. The summed E-state index contributed by atoms with van der Waals surface area (Å²) in [5.41, 5.74) is 12.5. The number of H-pyrrole nitrogens is 1. The van der Waals surface area contributed by atoms with Gasteiger partial charge >= 0.3 is 0 Å². The van der Waals surface area contributed by atoms with E-state index < -0.39 is 71.3 Å². The third-order valence-electron chi connectivity index (χ3n) is 9.56. The number of Topliss-reactive ketones (excluding diaryl/α,β-unsaturated/α-hetero) is 1. The fourth-order valence-electron chi connectivity index (χ4n) is 6.47. The van der Waals surface area contributed by atoms with E-state index in [2.05, 4.69) is 36.9 Å². The van der Waals surface area contributed by atoms with E-state index >= 15 is 0 Å². The summed E-state index contributed by atoms with van der Waals surface area (Å²) in [6.45, 7) is 13.1. The van der Waals surface area contributed by atoms with Gasteiger partial charge in [-0.15, -0.1) is 0 Å². The number of benzene rings is 1. The van der Waals surface area contributed by atoms with Crippen LogP contribution in [0.1, 0.15) is 86.1 Å². The van der Waals surface area contributed by atoms with E-state index in [9.17, 15) is 33.6 Å². The lowest BCUT2D eigenvalue weighted by Gasteiger charge is -2.26. The molecular formula is C40H65N9O7. The molecule has 0 radical (unpaired) electrons. The smallest absolute Gasteiger partial charge is 0.243 e. The minimum Gasteiger partial charge on any atom is -0.370 e. The van der Waals surface area contributed by atoms with Crippen LogP contribution >= 0.6 is 0 Å². The summed E-state index contributed by atoms with van der Waals surface area (Å²) < 4.78 is 0. The van der Waals surface area contributed by atoms with Crippen molar-refractivity contribution in [2.75, 3.05) is 20.1 Å². The number of fused-ring (bicyclic) bond motifs is 1. The Morgan fingerprint density at radius 1 is 0.768 bits per heavy atom. The number of aromatic amines is 1. The topological polar surface area (TPSA) is 260 Å². The third-order valence-corrected chi connectivity index (χ3v) is 9.56. The highest BCUT2D eigenvalue weighted by molar-refractivity contribution is 5.96. The summed E-state index contributed by atoms with van der Waals surface area (Å²) in [5, 5.41) is 18.0. The first kappa shape index (κ1) is 47.3. The lowest BCUT2D eigenvalue weighted by Crippen LogP contribution is -2.54. The minimum absolute atomic E-state index is 0.0278. The predicted molar refractivity (Wildman–Crippen MR) is 216 cm³/mol. The van der Waals surface area contributed by atoms with E-state index in [4.69, 9.17) is 11.5 Å². The van der Waals surface area contributed by atoms with Gasteiger partial charge in [0.05, 0.1) is 24.7 Å². The second kappa shape index (κ2) is 23.3. The number of carbonyl (C=O) groups excluding carboxylic acids is 7. The summed E-state index contributed by atoms with van der Waals surface area (Å²) in [7, 11) is 1.57. The van der Waals surface area contributed by atoms with Crippen molar-refractivity contribution in [3.05, 3.63) is 36.0 Å². The number of carbonyl (C=O) groups is 7. The highest BCUT2D eigenvalue weighted by atomic mass is 16.2. The van der Waals surface area contributed by atoms with Crippen LogP contribution < -0.4 is 43.4 Å². The fraction of sp³-hybridized carbons (Fsp3) is 0.625. The number of nitrogens with two attached hydrogens (primary N) is 2. The maximum absolute atomic E-state index is 13.8. The predicted octanol–water partition coefficient (Wildman–Crippen LogP) is 0.922. The first-order chi connectivity index (χ1) is 26.3. The molecule has 11 N–H and O–H groups in total. The highest BCUT2D eigenvalue weighted by Gasteiger charge is 2.31. The number of hydrogen-bond acceptors (Lipinski definition) is 9. The Morgan fingerprint density at radius 3 is 2.02 bits per heavy atom. The molecule has 56 heavy (non-hydrogen) atoms. The molecule has 0 bridgehead atoms. The maximum Gasteiger partial charge on any atom is 0.243 e. The van der Waals surface area contributed by atoms with Crippen LogP contribution in [0.3, 0.4) is 0 Å². The lowest BCUT2D eigenvalue weighted by molar-refractivity contribution is -0.134. The van der Waals surface area contributed by atoms with Crippen LogP contribution in [0, 0.1) is 23.7 Å². The fourth-order valence-corrected chi connectivity index (χ4v) is 6.47. The molecule has 2 rings (SSSR count). The SMILES string of the molecule is CNC(CCC(N)=O)C(=O)NC(Cc1c[nH]c2ccccc12)C(=O)CC(C)C(=O)NC(C(=O)NCC(=O)NC(CNC(CC(C)C)C(N)=O)CC(C)C)C(C)C. The van der Waals surface area contributed by atoms with Crippen LogP contribution in [0.4, 0.5) is 0 Å². The molecule has 2 aromatic rings. The summed E-state index contributed by atoms with van der Waals surface area (Å²) in [4.78, 5) is 93.3. The molecule has 1 heterocycles. The van der Waals surface area contributed by atoms with Crippen LogP contribution in [0.5, 0.6) is 0 Å². The molecule has 16 heteroatoms. The summed E-state index contributed by atoms with van der Waals surface area (Å²) >= 11 is 0. The first-order valence-electron chi connectivity index (χ1n) is 19.6. The van der Waals surface area contributed by atoms with Crippen LogP contribution in [0.25, 0.3) is 10.9 Å². The van der Waals surface area contributed by atoms with Crippen molar-refractivity contribution >= 4 is 52.1 Å². The largest absolute Gasteiger partial charge is 0.370 e. The Labute approximate surface area is 330 Å². The average molecular weight is 784 g/mol. The van der Waals surface area contributed by atoms with Gasteiger partial charge in [-0.05, 0) is 55.7 Å². The highest BCUT2D eigenvalue weighted by Crippen LogP contribution is 2.21. The molecule has 0 fully saturated rings. The molecule has 0 saturated carbocycles. The van der Waals surface area contributed by atoms with Gasteiger partial charge < -0.3 is 48.4 Å². The van der Waals surface area contributed by atoms with Gasteiger partial charge in [0.1, 0.15) is 6.04 Å². The van der Waals surface area contributed by atoms with E-state index in [1.54, 1.807) is 34.0 Å². The van der Waals surface area contributed by atoms with Gasteiger partial charge in [-0.25, -0.2) is 0 Å². The zero-order valence-corrected chi connectivity index (χ0v) is 34.3. The summed E-state index contributed by atoms with van der Waals surface area (Å²) in [5.74, 6) is -4.20. The van der Waals surface area contributed by atoms with Crippen molar-refractivity contribution in [2.45, 2.75) is 117 Å². The molecule has 312 valence electrons. The van der Waals surface area contributed by atoms with Gasteiger partial charge in [0, 0.05) is 54.9 Å². The van der Waals surface area contributed by atoms with E-state index in [0.29, 0.717) is 19.4 Å². The number of para-hydroxylation sites is 1. The van der Waals surface area contributed by atoms with Crippen LogP contribution in [-0.2, 0) is 40.0 Å². The molecule has 0 saturated heterocycles. The van der Waals surface area contributed by atoms with Crippen molar-refractivity contribution < 1.29 is 33.6 Å². The molecule has 0 aliphatic heterocycles. The zero-order valence-electron chi connectivity index (χ0n) is 34.3. The van der Waals surface area contributed by atoms with Crippen molar-refractivity contribution in [2.24, 2.45) is 35.1 Å². The Morgan fingerprint density at radius 2 is 1.43 bits per heavy atom. The van der Waals surface area contributed by atoms with Crippen molar-refractivity contribution in [1.82, 2.24) is 36.9 Å². The Balaban J connectivity index is 2.09. The third kappa shape index (κ3) is 16.1. The van der Waals surface area contributed by atoms with E-state index in [-0.39, 0.29) is 56.0 Å². The van der Waals surface area contributed by atoms with Gasteiger partial charge in [-0.2, -0.15) is 0 Å². The number of nitrogens with one attached hydrogen (secondary N) is 7. The van der Waals surface area contributed by atoms with E-state index in [1.165, 1.54) is 0 Å². The number of ketones is 1. The molecule has 0 aliphatic carbocycles. The number of rotatable bonds is 26. The van der Waals surface area contributed by atoms with E-state index in [1.807, 2.05) is 52.0 Å². The monoisotopic (exact) mass is 784 g/mol. The van der Waals surface area contributed by atoms with Gasteiger partial charge in [-0.3, -0.25) is 33.6 Å². The number of hydrogen-bond donors (Lipinski definition) is 9. The van der Waals surface area contributed by atoms with Crippen molar-refractivity contribution in [3.63, 3.8) is 0 Å². The number of primary amides is 2. The van der Waals surface area contributed by atoms with Crippen molar-refractivity contribution in [1.29, 1.82) is 0 Å².